The second-order valence-corrected chi connectivity index (χ2v) is 10.8. The zero-order chi connectivity index (χ0) is 24.8. The van der Waals surface area contributed by atoms with Gasteiger partial charge in [0, 0.05) is 24.0 Å². The fourth-order valence-electron chi connectivity index (χ4n) is 4.38. The maximum Gasteiger partial charge on any atom is 0.243 e. The highest BCUT2D eigenvalue weighted by molar-refractivity contribution is 7.89. The Kier molecular flexibility index (Phi) is 7.77. The average molecular weight is 495 g/mol. The lowest BCUT2D eigenvalue weighted by Crippen LogP contribution is -2.39. The lowest BCUT2D eigenvalue weighted by molar-refractivity contribution is -0.128. The third-order valence-electron chi connectivity index (χ3n) is 6.45. The van der Waals surface area contributed by atoms with E-state index in [0.29, 0.717) is 25.1 Å². The zero-order valence-corrected chi connectivity index (χ0v) is 20.5. The number of amides is 2. The highest BCUT2D eigenvalue weighted by atomic mass is 32.2. The third-order valence-corrected chi connectivity index (χ3v) is 7.89. The van der Waals surface area contributed by atoms with Crippen LogP contribution in [0.5, 0.6) is 0 Å². The van der Waals surface area contributed by atoms with E-state index in [0.717, 1.165) is 29.3 Å². The second kappa shape index (κ2) is 11.0. The maximum absolute atomic E-state index is 12.6. The number of aromatic nitrogens is 1. The smallest absolute Gasteiger partial charge is 0.243 e. The Hall–Kier alpha value is -3.30. The van der Waals surface area contributed by atoms with Gasteiger partial charge in [-0.3, -0.25) is 14.6 Å². The standard InChI is InChI=1S/C26H30N4O4S/c1-18-7-13-21(14-8-18)35(33,34)29-16-19-9-11-20(12-10-19)26(32)28-17-25(31)30-24-6-2-5-23-22(24)4-3-15-27-23/h2-8,13-15,19-20,29H,9-12,16-17H2,1H3,(H,28,32)(H,30,31). The molecule has 0 unspecified atom stereocenters. The van der Waals surface area contributed by atoms with Gasteiger partial charge in [-0.25, -0.2) is 13.1 Å². The molecule has 3 aromatic rings. The minimum atomic E-state index is -3.54. The van der Waals surface area contributed by atoms with Crippen LogP contribution in [0.15, 0.2) is 65.7 Å². The van der Waals surface area contributed by atoms with E-state index in [4.69, 9.17) is 0 Å². The number of benzene rings is 2. The molecule has 0 aliphatic heterocycles. The van der Waals surface area contributed by atoms with Crippen LogP contribution in [-0.2, 0) is 19.6 Å². The minimum Gasteiger partial charge on any atom is -0.347 e. The van der Waals surface area contributed by atoms with Crippen molar-refractivity contribution < 1.29 is 18.0 Å². The summed E-state index contributed by atoms with van der Waals surface area (Å²) in [6.45, 7) is 2.16. The molecule has 2 amide bonds. The molecule has 1 saturated carbocycles. The number of anilines is 1. The van der Waals surface area contributed by atoms with Gasteiger partial charge >= 0.3 is 0 Å². The van der Waals surface area contributed by atoms with Crippen LogP contribution in [0.25, 0.3) is 10.9 Å². The highest BCUT2D eigenvalue weighted by Gasteiger charge is 2.27. The number of hydrogen-bond donors (Lipinski definition) is 3. The SMILES string of the molecule is Cc1ccc(S(=O)(=O)NCC2CCC(C(=O)NCC(=O)Nc3cccc4ncccc34)CC2)cc1. The number of nitrogens with one attached hydrogen (secondary N) is 3. The van der Waals surface area contributed by atoms with Gasteiger partial charge in [-0.2, -0.15) is 0 Å². The highest BCUT2D eigenvalue weighted by Crippen LogP contribution is 2.29. The summed E-state index contributed by atoms with van der Waals surface area (Å²) >= 11 is 0. The Bertz CT molecular complexity index is 1300. The Morgan fingerprint density at radius 2 is 1.71 bits per heavy atom. The Morgan fingerprint density at radius 3 is 2.46 bits per heavy atom. The van der Waals surface area contributed by atoms with Crippen molar-refractivity contribution in [2.45, 2.75) is 37.5 Å². The van der Waals surface area contributed by atoms with Crippen molar-refractivity contribution in [2.75, 3.05) is 18.4 Å². The first-order chi connectivity index (χ1) is 16.8. The summed E-state index contributed by atoms with van der Waals surface area (Å²) in [6, 6.07) is 15.9. The number of sulfonamides is 1. The Labute approximate surface area is 205 Å². The molecule has 1 aliphatic carbocycles. The molecule has 1 fully saturated rings. The number of pyridine rings is 1. The summed E-state index contributed by atoms with van der Waals surface area (Å²) in [5.41, 5.74) is 2.44. The van der Waals surface area contributed by atoms with E-state index in [-0.39, 0.29) is 35.1 Å². The predicted molar refractivity (Wildman–Crippen MR) is 135 cm³/mol. The molecule has 184 valence electrons. The molecular formula is C26H30N4O4S. The molecule has 0 atom stereocenters. The van der Waals surface area contributed by atoms with Crippen molar-refractivity contribution in [3.05, 3.63) is 66.4 Å². The molecule has 1 heterocycles. The van der Waals surface area contributed by atoms with Crippen LogP contribution in [0.2, 0.25) is 0 Å². The first kappa shape index (κ1) is 24.8. The zero-order valence-electron chi connectivity index (χ0n) is 19.7. The van der Waals surface area contributed by atoms with Crippen LogP contribution in [0.3, 0.4) is 0 Å². The fraction of sp³-hybridized carbons (Fsp3) is 0.346. The molecule has 1 aromatic heterocycles. The molecule has 4 rings (SSSR count). The largest absolute Gasteiger partial charge is 0.347 e. The summed E-state index contributed by atoms with van der Waals surface area (Å²) in [5, 5.41) is 6.42. The van der Waals surface area contributed by atoms with Gasteiger partial charge in [0.1, 0.15) is 0 Å². The Morgan fingerprint density at radius 1 is 0.971 bits per heavy atom. The monoisotopic (exact) mass is 494 g/mol. The van der Waals surface area contributed by atoms with E-state index in [1.54, 1.807) is 36.5 Å². The van der Waals surface area contributed by atoms with Gasteiger partial charge < -0.3 is 10.6 Å². The molecule has 8 nitrogen and oxygen atoms in total. The van der Waals surface area contributed by atoms with E-state index in [9.17, 15) is 18.0 Å². The van der Waals surface area contributed by atoms with E-state index in [1.165, 1.54) is 0 Å². The van der Waals surface area contributed by atoms with Gasteiger partial charge in [0.25, 0.3) is 0 Å². The van der Waals surface area contributed by atoms with Crippen molar-refractivity contribution in [3.8, 4) is 0 Å². The minimum absolute atomic E-state index is 0.105. The van der Waals surface area contributed by atoms with Crippen LogP contribution < -0.4 is 15.4 Å². The van der Waals surface area contributed by atoms with E-state index in [2.05, 4.69) is 20.3 Å². The van der Waals surface area contributed by atoms with Gasteiger partial charge in [-0.1, -0.05) is 23.8 Å². The molecule has 0 bridgehead atoms. The average Bonchev–Trinajstić information content (AvgIpc) is 2.87. The van der Waals surface area contributed by atoms with E-state index in [1.807, 2.05) is 31.2 Å². The van der Waals surface area contributed by atoms with Crippen molar-refractivity contribution >= 4 is 38.4 Å². The van der Waals surface area contributed by atoms with Gasteiger partial charge in [0.05, 0.1) is 22.6 Å². The number of nitrogens with zero attached hydrogens (tertiary/aromatic N) is 1. The fourth-order valence-corrected chi connectivity index (χ4v) is 5.49. The molecule has 3 N–H and O–H groups in total. The second-order valence-electron chi connectivity index (χ2n) is 9.02. The summed E-state index contributed by atoms with van der Waals surface area (Å²) in [6.07, 6.45) is 4.54. The van der Waals surface area contributed by atoms with Gasteiger partial charge in [0.2, 0.25) is 21.8 Å². The maximum atomic E-state index is 12.6. The van der Waals surface area contributed by atoms with Crippen LogP contribution in [-0.4, -0.2) is 38.3 Å². The number of carbonyl (C=O) groups is 2. The molecule has 1 aliphatic rings. The van der Waals surface area contributed by atoms with E-state index < -0.39 is 10.0 Å². The lowest BCUT2D eigenvalue weighted by atomic mass is 9.81. The number of aryl methyl sites for hydroxylation is 1. The summed E-state index contributed by atoms with van der Waals surface area (Å²) in [4.78, 5) is 29.5. The first-order valence-corrected chi connectivity index (χ1v) is 13.3. The number of hydrogen-bond acceptors (Lipinski definition) is 5. The number of carbonyl (C=O) groups excluding carboxylic acids is 2. The summed E-state index contributed by atoms with van der Waals surface area (Å²) in [7, 11) is -3.54. The molecule has 0 saturated heterocycles. The normalized spacial score (nSPS) is 18.2. The Balaban J connectivity index is 1.20. The molecular weight excluding hydrogens is 464 g/mol. The van der Waals surface area contributed by atoms with Crippen molar-refractivity contribution in [1.82, 2.24) is 15.0 Å². The van der Waals surface area contributed by atoms with Gasteiger partial charge in [-0.15, -0.1) is 0 Å². The van der Waals surface area contributed by atoms with Crippen molar-refractivity contribution in [3.63, 3.8) is 0 Å². The van der Waals surface area contributed by atoms with Gasteiger partial charge in [0.15, 0.2) is 0 Å². The first-order valence-electron chi connectivity index (χ1n) is 11.8. The molecule has 0 spiro atoms. The van der Waals surface area contributed by atoms with Crippen molar-refractivity contribution in [1.29, 1.82) is 0 Å². The van der Waals surface area contributed by atoms with Gasteiger partial charge in [-0.05, 0) is 74.9 Å². The van der Waals surface area contributed by atoms with Crippen molar-refractivity contribution in [2.24, 2.45) is 11.8 Å². The van der Waals surface area contributed by atoms with Crippen LogP contribution in [0.4, 0.5) is 5.69 Å². The third kappa shape index (κ3) is 6.43. The van der Waals surface area contributed by atoms with Crippen LogP contribution >= 0.6 is 0 Å². The van der Waals surface area contributed by atoms with Crippen LogP contribution in [0.1, 0.15) is 31.2 Å². The number of fused-ring (bicyclic) bond motifs is 1. The quantitative estimate of drug-likeness (QED) is 0.444. The predicted octanol–water partition coefficient (Wildman–Crippen LogP) is 3.38. The molecule has 2 aromatic carbocycles. The number of rotatable bonds is 8. The summed E-state index contributed by atoms with van der Waals surface area (Å²) in [5.74, 6) is -0.427. The van der Waals surface area contributed by atoms with E-state index >= 15 is 0 Å². The lowest BCUT2D eigenvalue weighted by Gasteiger charge is -2.27. The molecule has 35 heavy (non-hydrogen) atoms. The van der Waals surface area contributed by atoms with Crippen LogP contribution in [0, 0.1) is 18.8 Å². The topological polar surface area (TPSA) is 117 Å². The summed E-state index contributed by atoms with van der Waals surface area (Å²) < 4.78 is 27.7. The molecule has 0 radical (unpaired) electrons. The molecule has 9 heteroatoms.